The quantitative estimate of drug-likeness (QED) is 0.391. The second-order valence-electron chi connectivity index (χ2n) is 6.26. The van der Waals surface area contributed by atoms with Crippen LogP contribution in [0.2, 0.25) is 0 Å². The normalized spacial score (nSPS) is 23.3. The van der Waals surface area contributed by atoms with Crippen molar-refractivity contribution in [3.8, 4) is 5.75 Å². The average Bonchev–Trinajstić information content (AvgIpc) is 2.83. The van der Waals surface area contributed by atoms with Crippen molar-refractivity contribution in [2.75, 3.05) is 7.11 Å². The van der Waals surface area contributed by atoms with Gasteiger partial charge in [0.25, 0.3) is 11.4 Å². The van der Waals surface area contributed by atoms with Crippen LogP contribution < -0.4 is 4.74 Å². The molecule has 0 amide bonds. The van der Waals surface area contributed by atoms with Gasteiger partial charge in [0.15, 0.2) is 0 Å². The number of rotatable bonds is 4. The number of nitro groups is 1. The molecule has 0 bridgehead atoms. The zero-order chi connectivity index (χ0) is 19.1. The summed E-state index contributed by atoms with van der Waals surface area (Å²) in [5.41, 5.74) is -0.290. The Balaban J connectivity index is 2.13. The van der Waals surface area contributed by atoms with Gasteiger partial charge >= 0.3 is 0 Å². The number of benzene rings is 2. The molecule has 8 nitrogen and oxygen atoms in total. The van der Waals surface area contributed by atoms with Crippen molar-refractivity contribution in [3.63, 3.8) is 0 Å². The molecule has 2 unspecified atom stereocenters. The minimum atomic E-state index is -1.49. The highest BCUT2D eigenvalue weighted by Gasteiger charge is 2.54. The van der Waals surface area contributed by atoms with Gasteiger partial charge in [-0.2, -0.15) is 4.74 Å². The molecule has 0 fully saturated rings. The maximum Gasteiger partial charge on any atom is 0.274 e. The fourth-order valence-electron chi connectivity index (χ4n) is 3.27. The molecule has 2 aromatic rings. The molecule has 2 atom stereocenters. The van der Waals surface area contributed by atoms with Crippen LogP contribution in [0.25, 0.3) is 0 Å². The Morgan fingerprint density at radius 1 is 1.27 bits per heavy atom. The largest absolute Gasteiger partial charge is 0.622 e. The zero-order valence-electron chi connectivity index (χ0n) is 14.6. The second kappa shape index (κ2) is 6.40. The summed E-state index contributed by atoms with van der Waals surface area (Å²) in [6.45, 7) is 3.24. The summed E-state index contributed by atoms with van der Waals surface area (Å²) >= 11 is 0. The number of nitrogens with zero attached hydrogens (tertiary/aromatic N) is 3. The summed E-state index contributed by atoms with van der Waals surface area (Å²) in [6.07, 6.45) is 0. The van der Waals surface area contributed by atoms with Crippen molar-refractivity contribution >= 4 is 11.4 Å². The topological polar surface area (TPSA) is 102 Å². The third kappa shape index (κ3) is 2.59. The van der Waals surface area contributed by atoms with Crippen LogP contribution >= 0.6 is 0 Å². The predicted octanol–water partition coefficient (Wildman–Crippen LogP) is 2.87. The van der Waals surface area contributed by atoms with Crippen LogP contribution in [-0.2, 0) is 5.66 Å². The first-order chi connectivity index (χ1) is 12.3. The van der Waals surface area contributed by atoms with Crippen LogP contribution in [0.5, 0.6) is 5.75 Å². The van der Waals surface area contributed by atoms with Gasteiger partial charge in [0.1, 0.15) is 11.8 Å². The fraction of sp³-hybridized carbons (Fsp3) is 0.278. The van der Waals surface area contributed by atoms with Gasteiger partial charge in [0, 0.05) is 30.2 Å². The number of ether oxygens (including phenoxy) is 1. The van der Waals surface area contributed by atoms with Gasteiger partial charge in [-0.1, -0.05) is 6.07 Å². The van der Waals surface area contributed by atoms with E-state index in [0.29, 0.717) is 27.3 Å². The monoisotopic (exact) mass is 357 g/mol. The Labute approximate surface area is 150 Å². The number of non-ortho nitro benzene ring substituents is 1. The third-order valence-corrected chi connectivity index (χ3v) is 4.81. The van der Waals surface area contributed by atoms with Crippen molar-refractivity contribution in [2.45, 2.75) is 25.6 Å². The van der Waals surface area contributed by atoms with E-state index in [0.717, 1.165) is 5.06 Å². The van der Waals surface area contributed by atoms with Gasteiger partial charge in [-0.25, -0.2) is 0 Å². The zero-order valence-corrected chi connectivity index (χ0v) is 14.6. The molecule has 1 heterocycles. The Kier molecular flexibility index (Phi) is 4.39. The molecule has 0 radical (unpaired) electrons. The molecule has 8 heteroatoms. The third-order valence-electron chi connectivity index (χ3n) is 4.81. The van der Waals surface area contributed by atoms with Crippen molar-refractivity contribution in [1.29, 1.82) is 0 Å². The SMILES string of the molecule is COc1ccc(C2=[N+]([O-])C(C)(c3cccc([N+](=O)[O-])c3)N(O)C2C)cc1. The van der Waals surface area contributed by atoms with Crippen molar-refractivity contribution in [1.82, 2.24) is 5.06 Å². The highest BCUT2D eigenvalue weighted by Crippen LogP contribution is 2.37. The van der Waals surface area contributed by atoms with E-state index in [2.05, 4.69) is 0 Å². The second-order valence-corrected chi connectivity index (χ2v) is 6.26. The summed E-state index contributed by atoms with van der Waals surface area (Å²) in [5, 5.41) is 35.8. The molecule has 0 spiro atoms. The molecule has 0 saturated carbocycles. The highest BCUT2D eigenvalue weighted by atomic mass is 16.6. The van der Waals surface area contributed by atoms with Crippen molar-refractivity contribution in [2.24, 2.45) is 0 Å². The molecule has 1 N–H and O–H groups in total. The summed E-state index contributed by atoms with van der Waals surface area (Å²) in [6, 6.07) is 12.1. The molecule has 0 aliphatic carbocycles. The number of hydrogen-bond acceptors (Lipinski definition) is 6. The maximum absolute atomic E-state index is 13.2. The first-order valence-electron chi connectivity index (χ1n) is 8.02. The summed E-state index contributed by atoms with van der Waals surface area (Å²) < 4.78 is 5.83. The molecule has 136 valence electrons. The minimum absolute atomic E-state index is 0.143. The number of hydroxylamine groups is 3. The first-order valence-corrected chi connectivity index (χ1v) is 8.02. The lowest BCUT2D eigenvalue weighted by Crippen LogP contribution is -2.45. The van der Waals surface area contributed by atoms with Gasteiger partial charge in [-0.05, 0) is 37.3 Å². The summed E-state index contributed by atoms with van der Waals surface area (Å²) in [4.78, 5) is 10.5. The lowest BCUT2D eigenvalue weighted by Gasteiger charge is -2.29. The van der Waals surface area contributed by atoms with Crippen molar-refractivity contribution < 1.29 is 19.6 Å². The van der Waals surface area contributed by atoms with E-state index in [1.54, 1.807) is 44.4 Å². The molecule has 0 saturated heterocycles. The number of methoxy groups -OCH3 is 1. The smallest absolute Gasteiger partial charge is 0.274 e. The van der Waals surface area contributed by atoms with Gasteiger partial charge in [-0.3, -0.25) is 10.1 Å². The Morgan fingerprint density at radius 3 is 2.50 bits per heavy atom. The van der Waals surface area contributed by atoms with E-state index < -0.39 is 16.6 Å². The highest BCUT2D eigenvalue weighted by molar-refractivity contribution is 6.01. The van der Waals surface area contributed by atoms with Crippen LogP contribution in [0.3, 0.4) is 0 Å². The van der Waals surface area contributed by atoms with Gasteiger partial charge in [0.2, 0.25) is 5.71 Å². The predicted molar refractivity (Wildman–Crippen MR) is 94.3 cm³/mol. The Bertz CT molecular complexity index is 881. The minimum Gasteiger partial charge on any atom is -0.622 e. The standard InChI is InChI=1S/C18H19N3O5/c1-12-17(13-7-9-16(26-3)10-8-13)20(23)18(2,19(12)22)14-5-4-6-15(11-14)21(24)25/h4-12,22H,1-3H3. The fourth-order valence-corrected chi connectivity index (χ4v) is 3.27. The van der Waals surface area contributed by atoms with Crippen LogP contribution in [0.15, 0.2) is 48.5 Å². The van der Waals surface area contributed by atoms with E-state index in [-0.39, 0.29) is 5.69 Å². The van der Waals surface area contributed by atoms with Crippen LogP contribution in [0.1, 0.15) is 25.0 Å². The Hall–Kier alpha value is -2.97. The molecular formula is C18H19N3O5. The summed E-state index contributed by atoms with van der Waals surface area (Å²) in [7, 11) is 1.55. The average molecular weight is 357 g/mol. The molecular weight excluding hydrogens is 338 g/mol. The van der Waals surface area contributed by atoms with Crippen LogP contribution in [0.4, 0.5) is 5.69 Å². The summed E-state index contributed by atoms with van der Waals surface area (Å²) in [5.74, 6) is 0.653. The maximum atomic E-state index is 13.2. The Morgan fingerprint density at radius 2 is 1.92 bits per heavy atom. The van der Waals surface area contributed by atoms with E-state index in [1.165, 1.54) is 25.1 Å². The molecule has 1 aliphatic rings. The van der Waals surface area contributed by atoms with Gasteiger partial charge < -0.3 is 15.2 Å². The molecule has 1 aliphatic heterocycles. The van der Waals surface area contributed by atoms with E-state index in [1.807, 2.05) is 0 Å². The van der Waals surface area contributed by atoms with Gasteiger partial charge in [0.05, 0.1) is 12.0 Å². The molecule has 26 heavy (non-hydrogen) atoms. The van der Waals surface area contributed by atoms with Crippen LogP contribution in [-0.4, -0.2) is 38.8 Å². The van der Waals surface area contributed by atoms with Gasteiger partial charge in [-0.15, -0.1) is 5.06 Å². The van der Waals surface area contributed by atoms with E-state index in [4.69, 9.17) is 4.74 Å². The number of nitro benzene ring substituents is 1. The van der Waals surface area contributed by atoms with Crippen LogP contribution in [0, 0.1) is 15.3 Å². The van der Waals surface area contributed by atoms with Crippen molar-refractivity contribution in [3.05, 3.63) is 75.0 Å². The van der Waals surface area contributed by atoms with E-state index in [9.17, 15) is 20.5 Å². The lowest BCUT2D eigenvalue weighted by molar-refractivity contribution is -0.595. The lowest BCUT2D eigenvalue weighted by atomic mass is 10.0. The molecule has 3 rings (SSSR count). The first kappa shape index (κ1) is 17.8. The number of hydrogen-bond donors (Lipinski definition) is 1. The molecule has 0 aromatic heterocycles. The molecule has 2 aromatic carbocycles. The van der Waals surface area contributed by atoms with E-state index >= 15 is 0 Å².